The Bertz CT molecular complexity index is 679. The van der Waals surface area contributed by atoms with Crippen LogP contribution >= 0.6 is 0 Å². The van der Waals surface area contributed by atoms with Crippen LogP contribution in [0.4, 0.5) is 4.79 Å². The van der Waals surface area contributed by atoms with Crippen LogP contribution < -0.4 is 11.0 Å². The van der Waals surface area contributed by atoms with E-state index < -0.39 is 11.6 Å². The van der Waals surface area contributed by atoms with Crippen LogP contribution in [0, 0.1) is 6.92 Å². The van der Waals surface area contributed by atoms with E-state index in [9.17, 15) is 9.59 Å². The Hall–Kier alpha value is -2.70. The highest BCUT2D eigenvalue weighted by Gasteiger charge is 2.13. The van der Waals surface area contributed by atoms with Crippen LogP contribution in [0.3, 0.4) is 0 Å². The summed E-state index contributed by atoms with van der Waals surface area (Å²) in [4.78, 5) is 25.4. The zero-order valence-corrected chi connectivity index (χ0v) is 11.5. The molecule has 0 atom stereocenters. The van der Waals surface area contributed by atoms with E-state index in [1.807, 2.05) is 6.07 Å². The number of rotatable bonds is 2. The maximum absolute atomic E-state index is 12.4. The first-order valence-corrected chi connectivity index (χ1v) is 6.00. The molecule has 0 spiro atoms. The zero-order chi connectivity index (χ0) is 14.7. The van der Waals surface area contributed by atoms with Gasteiger partial charge in [0.2, 0.25) is 0 Å². The molecule has 20 heavy (non-hydrogen) atoms. The largest absolute Gasteiger partial charge is 0.336 e. The van der Waals surface area contributed by atoms with Gasteiger partial charge in [0.1, 0.15) is 0 Å². The monoisotopic (exact) mass is 273 g/mol. The summed E-state index contributed by atoms with van der Waals surface area (Å²) >= 11 is 0. The van der Waals surface area contributed by atoms with Gasteiger partial charge in [0.05, 0.1) is 0 Å². The van der Waals surface area contributed by atoms with Gasteiger partial charge in [-0.25, -0.2) is 10.2 Å². The van der Waals surface area contributed by atoms with Gasteiger partial charge in [-0.3, -0.25) is 4.79 Å². The van der Waals surface area contributed by atoms with Crippen molar-refractivity contribution in [2.24, 2.45) is 0 Å². The Labute approximate surface area is 115 Å². The molecule has 0 saturated carbocycles. The van der Waals surface area contributed by atoms with E-state index in [0.717, 1.165) is 4.68 Å². The summed E-state index contributed by atoms with van der Waals surface area (Å²) in [5, 5.41) is 7.82. The number of aromatic nitrogens is 3. The average Bonchev–Trinajstić information content (AvgIpc) is 2.44. The van der Waals surface area contributed by atoms with Crippen LogP contribution in [0.15, 0.2) is 35.1 Å². The van der Waals surface area contributed by atoms with Gasteiger partial charge in [0.15, 0.2) is 11.5 Å². The maximum Gasteiger partial charge on any atom is 0.336 e. The van der Waals surface area contributed by atoms with E-state index in [1.165, 1.54) is 4.90 Å². The molecule has 0 aliphatic carbocycles. The number of hydrogen-bond donors (Lipinski definition) is 1. The van der Waals surface area contributed by atoms with Crippen molar-refractivity contribution in [3.8, 4) is 11.3 Å². The molecule has 1 heterocycles. The summed E-state index contributed by atoms with van der Waals surface area (Å²) in [6.07, 6.45) is 0. The predicted octanol–water partition coefficient (Wildman–Crippen LogP) is 0.839. The quantitative estimate of drug-likeness (QED) is 0.879. The number of urea groups is 1. The molecule has 0 aliphatic rings. The zero-order valence-electron chi connectivity index (χ0n) is 11.5. The number of hydrogen-bond acceptors (Lipinski definition) is 4. The molecule has 1 aromatic carbocycles. The SMILES string of the molecule is Cc1nnc(-c2ccccc2)c(=O)n1NC(=O)N(C)C. The van der Waals surface area contributed by atoms with Crippen LogP contribution in [0.1, 0.15) is 5.82 Å². The second-order valence-corrected chi connectivity index (χ2v) is 4.41. The van der Waals surface area contributed by atoms with Crippen LogP contribution in [0.25, 0.3) is 11.3 Å². The molecular weight excluding hydrogens is 258 g/mol. The van der Waals surface area contributed by atoms with Crippen LogP contribution in [-0.2, 0) is 0 Å². The van der Waals surface area contributed by atoms with Gasteiger partial charge in [0, 0.05) is 19.7 Å². The lowest BCUT2D eigenvalue weighted by molar-refractivity contribution is 0.227. The number of nitrogens with one attached hydrogen (secondary N) is 1. The van der Waals surface area contributed by atoms with Gasteiger partial charge >= 0.3 is 6.03 Å². The van der Waals surface area contributed by atoms with Crippen molar-refractivity contribution < 1.29 is 4.79 Å². The first-order valence-electron chi connectivity index (χ1n) is 6.00. The van der Waals surface area contributed by atoms with Crippen molar-refractivity contribution in [3.05, 3.63) is 46.5 Å². The number of aryl methyl sites for hydroxylation is 1. The number of nitrogens with zero attached hydrogens (tertiary/aromatic N) is 4. The number of amides is 2. The van der Waals surface area contributed by atoms with Gasteiger partial charge in [-0.05, 0) is 6.92 Å². The maximum atomic E-state index is 12.4. The van der Waals surface area contributed by atoms with E-state index in [0.29, 0.717) is 11.4 Å². The number of carbonyl (C=O) groups is 1. The van der Waals surface area contributed by atoms with Gasteiger partial charge < -0.3 is 4.90 Å². The molecule has 7 nitrogen and oxygen atoms in total. The Morgan fingerprint density at radius 2 is 1.85 bits per heavy atom. The van der Waals surface area contributed by atoms with E-state index in [1.54, 1.807) is 45.3 Å². The minimum Gasteiger partial charge on any atom is -0.330 e. The second-order valence-electron chi connectivity index (χ2n) is 4.41. The lowest BCUT2D eigenvalue weighted by Gasteiger charge is -2.15. The molecule has 0 unspecified atom stereocenters. The summed E-state index contributed by atoms with van der Waals surface area (Å²) in [6.45, 7) is 1.60. The highest BCUT2D eigenvalue weighted by atomic mass is 16.2. The van der Waals surface area contributed by atoms with E-state index in [4.69, 9.17) is 0 Å². The van der Waals surface area contributed by atoms with E-state index in [-0.39, 0.29) is 5.69 Å². The van der Waals surface area contributed by atoms with Crippen molar-refractivity contribution in [1.82, 2.24) is 19.8 Å². The molecule has 0 radical (unpaired) electrons. The van der Waals surface area contributed by atoms with Gasteiger partial charge in [-0.15, -0.1) is 10.2 Å². The van der Waals surface area contributed by atoms with Crippen molar-refractivity contribution in [2.75, 3.05) is 19.5 Å². The van der Waals surface area contributed by atoms with Crippen molar-refractivity contribution in [3.63, 3.8) is 0 Å². The predicted molar refractivity (Wildman–Crippen MR) is 74.9 cm³/mol. The minimum absolute atomic E-state index is 0.190. The number of benzene rings is 1. The van der Waals surface area contributed by atoms with Crippen LogP contribution in [0.5, 0.6) is 0 Å². The third kappa shape index (κ3) is 2.66. The minimum atomic E-state index is -0.418. The molecule has 1 aromatic heterocycles. The number of carbonyl (C=O) groups excluding carboxylic acids is 1. The summed E-state index contributed by atoms with van der Waals surface area (Å²) in [5.74, 6) is 0.310. The molecular formula is C13H15N5O2. The average molecular weight is 273 g/mol. The molecule has 0 fully saturated rings. The van der Waals surface area contributed by atoms with E-state index >= 15 is 0 Å². The Kier molecular flexibility index (Phi) is 3.79. The second kappa shape index (κ2) is 5.52. The Morgan fingerprint density at radius 1 is 1.20 bits per heavy atom. The van der Waals surface area contributed by atoms with Gasteiger partial charge in [-0.2, -0.15) is 4.68 Å². The molecule has 0 bridgehead atoms. The molecule has 2 rings (SSSR count). The highest BCUT2D eigenvalue weighted by Crippen LogP contribution is 2.10. The van der Waals surface area contributed by atoms with Crippen molar-refractivity contribution >= 4 is 6.03 Å². The van der Waals surface area contributed by atoms with Gasteiger partial charge in [0.25, 0.3) is 5.56 Å². The van der Waals surface area contributed by atoms with Crippen molar-refractivity contribution in [1.29, 1.82) is 0 Å². The lowest BCUT2D eigenvalue weighted by atomic mass is 10.2. The molecule has 0 saturated heterocycles. The standard InChI is InChI=1S/C13H15N5O2/c1-9-14-15-11(10-7-5-4-6-8-10)12(19)18(9)16-13(20)17(2)3/h4-8H,1-3H3,(H,16,20). The molecule has 104 valence electrons. The van der Waals surface area contributed by atoms with Gasteiger partial charge in [-0.1, -0.05) is 30.3 Å². The highest BCUT2D eigenvalue weighted by molar-refractivity contribution is 5.81. The Balaban J connectivity index is 2.49. The fourth-order valence-corrected chi connectivity index (χ4v) is 1.57. The summed E-state index contributed by atoms with van der Waals surface area (Å²) in [5.41, 5.74) is 2.90. The first-order chi connectivity index (χ1) is 9.50. The topological polar surface area (TPSA) is 80.1 Å². The molecule has 7 heteroatoms. The molecule has 1 N–H and O–H groups in total. The fourth-order valence-electron chi connectivity index (χ4n) is 1.57. The Morgan fingerprint density at radius 3 is 2.45 bits per heavy atom. The molecule has 2 aromatic rings. The third-order valence-electron chi connectivity index (χ3n) is 2.68. The van der Waals surface area contributed by atoms with Crippen LogP contribution in [-0.4, -0.2) is 39.9 Å². The fraction of sp³-hybridized carbons (Fsp3) is 0.231. The summed E-state index contributed by atoms with van der Waals surface area (Å²) < 4.78 is 1.09. The van der Waals surface area contributed by atoms with Crippen LogP contribution in [0.2, 0.25) is 0 Å². The summed E-state index contributed by atoms with van der Waals surface area (Å²) in [7, 11) is 3.17. The first kappa shape index (κ1) is 13.7. The molecule has 0 aliphatic heterocycles. The molecule has 2 amide bonds. The van der Waals surface area contributed by atoms with E-state index in [2.05, 4.69) is 15.6 Å². The summed E-state index contributed by atoms with van der Waals surface area (Å²) in [6, 6.07) is 8.56. The smallest absolute Gasteiger partial charge is 0.330 e. The lowest BCUT2D eigenvalue weighted by Crippen LogP contribution is -2.41. The normalized spacial score (nSPS) is 10.2. The third-order valence-corrected chi connectivity index (χ3v) is 2.68. The van der Waals surface area contributed by atoms with Crippen molar-refractivity contribution in [2.45, 2.75) is 6.92 Å².